The molecule has 1 aliphatic heterocycles. The van der Waals surface area contributed by atoms with Crippen LogP contribution >= 0.6 is 24.0 Å². The third-order valence-electron chi connectivity index (χ3n) is 5.34. The van der Waals surface area contributed by atoms with E-state index in [9.17, 15) is 8.42 Å². The van der Waals surface area contributed by atoms with Crippen LogP contribution in [0.4, 0.5) is 0 Å². The summed E-state index contributed by atoms with van der Waals surface area (Å²) < 4.78 is 22.6. The molecule has 1 heterocycles. The van der Waals surface area contributed by atoms with Gasteiger partial charge in [0.25, 0.3) is 0 Å². The molecule has 1 unspecified atom stereocenters. The molecule has 1 saturated heterocycles. The van der Waals surface area contributed by atoms with Crippen LogP contribution in [-0.4, -0.2) is 51.5 Å². The third kappa shape index (κ3) is 6.30. The van der Waals surface area contributed by atoms with Gasteiger partial charge < -0.3 is 10.6 Å². The van der Waals surface area contributed by atoms with Gasteiger partial charge in [0, 0.05) is 38.8 Å². The van der Waals surface area contributed by atoms with Crippen LogP contribution in [0.25, 0.3) is 0 Å². The fourth-order valence-electron chi connectivity index (χ4n) is 3.88. The molecule has 1 aromatic carbocycles. The summed E-state index contributed by atoms with van der Waals surface area (Å²) >= 11 is 0. The summed E-state index contributed by atoms with van der Waals surface area (Å²) in [5.74, 6) is 0.777. The minimum Gasteiger partial charge on any atom is -0.352 e. The van der Waals surface area contributed by atoms with Crippen LogP contribution < -0.4 is 15.8 Å². The highest BCUT2D eigenvalue weighted by Crippen LogP contribution is 2.26. The summed E-state index contributed by atoms with van der Waals surface area (Å²) in [4.78, 5) is 7.05. The van der Waals surface area contributed by atoms with Gasteiger partial charge in [0.05, 0.1) is 4.90 Å². The minimum atomic E-state index is -3.64. The SMILES string of the molecule is CN=C(NCc1ccc(S(N)(=O)=O)cc1)NC1CCN(C2CCCC2)C1.I. The van der Waals surface area contributed by atoms with Gasteiger partial charge in [-0.2, -0.15) is 0 Å². The molecule has 4 N–H and O–H groups in total. The number of primary sulfonamides is 1. The lowest BCUT2D eigenvalue weighted by molar-refractivity contribution is 0.242. The predicted molar refractivity (Wildman–Crippen MR) is 119 cm³/mol. The maximum absolute atomic E-state index is 11.3. The van der Waals surface area contributed by atoms with E-state index in [1.165, 1.54) is 37.8 Å². The molecule has 0 spiro atoms. The molecule has 0 amide bonds. The zero-order valence-electron chi connectivity index (χ0n) is 15.7. The fraction of sp³-hybridized carbons (Fsp3) is 0.611. The fourth-order valence-corrected chi connectivity index (χ4v) is 4.39. The van der Waals surface area contributed by atoms with Crippen LogP contribution in [-0.2, 0) is 16.6 Å². The predicted octanol–water partition coefficient (Wildman–Crippen LogP) is 1.63. The van der Waals surface area contributed by atoms with E-state index in [1.807, 2.05) is 0 Å². The minimum absolute atomic E-state index is 0. The summed E-state index contributed by atoms with van der Waals surface area (Å²) in [7, 11) is -1.88. The van der Waals surface area contributed by atoms with Gasteiger partial charge in [-0.05, 0) is 37.0 Å². The first kappa shape index (κ1) is 22.4. The summed E-state index contributed by atoms with van der Waals surface area (Å²) in [6.45, 7) is 2.81. The van der Waals surface area contributed by atoms with Crippen LogP contribution in [0.2, 0.25) is 0 Å². The van der Waals surface area contributed by atoms with Crippen molar-refractivity contribution in [1.82, 2.24) is 15.5 Å². The van der Waals surface area contributed by atoms with Crippen LogP contribution in [0.5, 0.6) is 0 Å². The van der Waals surface area contributed by atoms with Crippen molar-refractivity contribution in [3.8, 4) is 0 Å². The molecule has 1 aliphatic carbocycles. The van der Waals surface area contributed by atoms with E-state index >= 15 is 0 Å². The Balaban J connectivity index is 0.00000261. The van der Waals surface area contributed by atoms with Gasteiger partial charge in [-0.1, -0.05) is 25.0 Å². The van der Waals surface area contributed by atoms with Crippen molar-refractivity contribution in [2.24, 2.45) is 10.1 Å². The Kier molecular flexibility index (Phi) is 8.32. The van der Waals surface area contributed by atoms with Gasteiger partial charge >= 0.3 is 0 Å². The number of benzene rings is 1. The smallest absolute Gasteiger partial charge is 0.238 e. The van der Waals surface area contributed by atoms with Gasteiger partial charge in [0.2, 0.25) is 10.0 Å². The Morgan fingerprint density at radius 3 is 2.48 bits per heavy atom. The van der Waals surface area contributed by atoms with E-state index in [1.54, 1.807) is 19.2 Å². The zero-order chi connectivity index (χ0) is 18.6. The molecular weight excluding hydrogens is 477 g/mol. The maximum atomic E-state index is 11.3. The number of hydrogen-bond donors (Lipinski definition) is 3. The first-order valence-electron chi connectivity index (χ1n) is 9.28. The van der Waals surface area contributed by atoms with E-state index in [4.69, 9.17) is 5.14 Å². The standard InChI is InChI=1S/C18H29N5O2S.HI/c1-20-18(21-12-14-6-8-17(9-7-14)26(19,24)25)22-15-10-11-23(13-15)16-4-2-3-5-16;/h6-9,15-16H,2-5,10-13H2,1H3,(H2,19,24,25)(H2,20,21,22);1H. The highest BCUT2D eigenvalue weighted by Gasteiger charge is 2.30. The molecule has 27 heavy (non-hydrogen) atoms. The monoisotopic (exact) mass is 507 g/mol. The average molecular weight is 507 g/mol. The number of nitrogens with two attached hydrogens (primary N) is 1. The number of nitrogens with zero attached hydrogens (tertiary/aromatic N) is 2. The van der Waals surface area contributed by atoms with Gasteiger partial charge in [-0.25, -0.2) is 13.6 Å². The summed E-state index contributed by atoms with van der Waals surface area (Å²) in [5, 5.41) is 11.9. The van der Waals surface area contributed by atoms with Gasteiger partial charge in [0.1, 0.15) is 0 Å². The lowest BCUT2D eigenvalue weighted by atomic mass is 10.2. The number of halogens is 1. The summed E-state index contributed by atoms with van der Waals surface area (Å²) in [6.07, 6.45) is 6.56. The third-order valence-corrected chi connectivity index (χ3v) is 6.27. The molecule has 152 valence electrons. The number of aliphatic imine (C=N–C) groups is 1. The molecule has 1 saturated carbocycles. The number of sulfonamides is 1. The lowest BCUT2D eigenvalue weighted by Crippen LogP contribution is -2.45. The average Bonchev–Trinajstić information content (AvgIpc) is 3.29. The Labute approximate surface area is 179 Å². The molecule has 2 fully saturated rings. The van der Waals surface area contributed by atoms with E-state index in [2.05, 4.69) is 20.5 Å². The highest BCUT2D eigenvalue weighted by atomic mass is 127. The van der Waals surface area contributed by atoms with Crippen LogP contribution in [0.3, 0.4) is 0 Å². The van der Waals surface area contributed by atoms with Crippen molar-refractivity contribution in [2.75, 3.05) is 20.1 Å². The second kappa shape index (κ2) is 10.0. The Bertz CT molecular complexity index is 733. The van der Waals surface area contributed by atoms with Gasteiger partial charge in [0.15, 0.2) is 5.96 Å². The topological polar surface area (TPSA) is 99.8 Å². The molecule has 1 aromatic rings. The van der Waals surface area contributed by atoms with Crippen molar-refractivity contribution in [3.63, 3.8) is 0 Å². The van der Waals surface area contributed by atoms with E-state index in [0.717, 1.165) is 37.1 Å². The largest absolute Gasteiger partial charge is 0.352 e. The van der Waals surface area contributed by atoms with E-state index < -0.39 is 10.0 Å². The molecule has 1 atom stereocenters. The van der Waals surface area contributed by atoms with Crippen LogP contribution in [0.15, 0.2) is 34.2 Å². The second-order valence-electron chi connectivity index (χ2n) is 7.18. The van der Waals surface area contributed by atoms with Crippen molar-refractivity contribution in [3.05, 3.63) is 29.8 Å². The number of guanidine groups is 1. The Morgan fingerprint density at radius 2 is 1.89 bits per heavy atom. The summed E-state index contributed by atoms with van der Waals surface area (Å²) in [5.41, 5.74) is 0.972. The number of nitrogens with one attached hydrogen (secondary N) is 2. The zero-order valence-corrected chi connectivity index (χ0v) is 18.9. The molecule has 0 radical (unpaired) electrons. The summed E-state index contributed by atoms with van der Waals surface area (Å²) in [6, 6.07) is 7.77. The normalized spacial score (nSPS) is 21.9. The first-order chi connectivity index (χ1) is 12.5. The molecule has 9 heteroatoms. The van der Waals surface area contributed by atoms with Gasteiger partial charge in [-0.3, -0.25) is 9.89 Å². The van der Waals surface area contributed by atoms with E-state index in [0.29, 0.717) is 12.6 Å². The number of likely N-dealkylation sites (tertiary alicyclic amines) is 1. The number of rotatable bonds is 5. The van der Waals surface area contributed by atoms with Crippen LogP contribution in [0, 0.1) is 0 Å². The molecule has 0 bridgehead atoms. The molecule has 7 nitrogen and oxygen atoms in total. The highest BCUT2D eigenvalue weighted by molar-refractivity contribution is 14.0. The number of hydrogen-bond acceptors (Lipinski definition) is 4. The quantitative estimate of drug-likeness (QED) is 0.320. The molecule has 3 rings (SSSR count). The van der Waals surface area contributed by atoms with Crippen molar-refractivity contribution in [2.45, 2.75) is 55.6 Å². The van der Waals surface area contributed by atoms with Crippen molar-refractivity contribution >= 4 is 40.0 Å². The Hall–Kier alpha value is -0.910. The lowest BCUT2D eigenvalue weighted by Gasteiger charge is -2.24. The van der Waals surface area contributed by atoms with Gasteiger partial charge in [-0.15, -0.1) is 24.0 Å². The maximum Gasteiger partial charge on any atom is 0.238 e. The molecular formula is C18H30IN5O2S. The van der Waals surface area contributed by atoms with Crippen LogP contribution in [0.1, 0.15) is 37.7 Å². The first-order valence-corrected chi connectivity index (χ1v) is 10.8. The van der Waals surface area contributed by atoms with E-state index in [-0.39, 0.29) is 28.9 Å². The Morgan fingerprint density at radius 1 is 1.22 bits per heavy atom. The second-order valence-corrected chi connectivity index (χ2v) is 8.74. The molecule has 2 aliphatic rings. The van der Waals surface area contributed by atoms with Crippen molar-refractivity contribution < 1.29 is 8.42 Å². The van der Waals surface area contributed by atoms with Crippen molar-refractivity contribution in [1.29, 1.82) is 0 Å². The molecule has 0 aromatic heterocycles.